The first-order chi connectivity index (χ1) is 12.8. The molecule has 2 aromatic rings. The molecule has 2 amide bonds. The number of rotatable bonds is 9. The van der Waals surface area contributed by atoms with E-state index in [2.05, 4.69) is 10.6 Å². The molecule has 2 N–H and O–H groups in total. The van der Waals surface area contributed by atoms with Crippen molar-refractivity contribution in [3.8, 4) is 0 Å². The van der Waals surface area contributed by atoms with Crippen molar-refractivity contribution in [3.05, 3.63) is 71.8 Å². The van der Waals surface area contributed by atoms with Crippen LogP contribution >= 0.6 is 0 Å². The predicted octanol–water partition coefficient (Wildman–Crippen LogP) is 0.881. The fraction of sp³-hybridized carbons (Fsp3) is 0.263. The minimum atomic E-state index is -3.71. The number of amides is 2. The Morgan fingerprint density at radius 3 is 1.48 bits per heavy atom. The van der Waals surface area contributed by atoms with Crippen LogP contribution < -0.4 is 10.6 Å². The average molecular weight is 389 g/mol. The molecule has 0 spiro atoms. The number of benzene rings is 2. The number of carbonyl (C=O) groups is 2. The Kier molecular flexibility index (Phi) is 7.51. The Balaban J connectivity index is 1.86. The molecule has 0 saturated heterocycles. The molecule has 0 aliphatic rings. The largest absolute Gasteiger partial charge is 0.351 e. The second kappa shape index (κ2) is 9.84. The van der Waals surface area contributed by atoms with E-state index >= 15 is 0 Å². The molecule has 2 rings (SSSR count). The maximum Gasteiger partial charge on any atom is 0.235 e. The van der Waals surface area contributed by atoms with E-state index in [4.69, 9.17) is 0 Å². The van der Waals surface area contributed by atoms with Crippen molar-refractivity contribution in [1.29, 1.82) is 0 Å². The van der Waals surface area contributed by atoms with Crippen molar-refractivity contribution in [1.82, 2.24) is 14.9 Å². The Bertz CT molecular complexity index is 798. The highest BCUT2D eigenvalue weighted by molar-refractivity contribution is 7.88. The average Bonchev–Trinajstić information content (AvgIpc) is 2.65. The summed E-state index contributed by atoms with van der Waals surface area (Å²) in [6.45, 7) is -0.246. The molecule has 0 unspecified atom stereocenters. The molecule has 0 aliphatic heterocycles. The van der Waals surface area contributed by atoms with Crippen LogP contribution in [0.4, 0.5) is 0 Å². The third kappa shape index (κ3) is 7.59. The van der Waals surface area contributed by atoms with Crippen molar-refractivity contribution in [3.63, 3.8) is 0 Å². The molecule has 0 atom stereocenters. The number of hydrogen-bond donors (Lipinski definition) is 2. The van der Waals surface area contributed by atoms with Crippen LogP contribution in [-0.2, 0) is 32.7 Å². The van der Waals surface area contributed by atoms with Crippen LogP contribution in [0.25, 0.3) is 0 Å². The van der Waals surface area contributed by atoms with Gasteiger partial charge >= 0.3 is 0 Å². The van der Waals surface area contributed by atoms with Gasteiger partial charge < -0.3 is 10.6 Å². The van der Waals surface area contributed by atoms with Crippen LogP contribution in [0, 0.1) is 0 Å². The van der Waals surface area contributed by atoms with Crippen molar-refractivity contribution in [2.24, 2.45) is 0 Å². The van der Waals surface area contributed by atoms with Gasteiger partial charge in [-0.15, -0.1) is 0 Å². The number of sulfonamides is 1. The van der Waals surface area contributed by atoms with Crippen molar-refractivity contribution in [2.45, 2.75) is 13.1 Å². The van der Waals surface area contributed by atoms with E-state index in [1.807, 2.05) is 60.7 Å². The van der Waals surface area contributed by atoms with Crippen LogP contribution in [0.5, 0.6) is 0 Å². The van der Waals surface area contributed by atoms with E-state index in [-0.39, 0.29) is 13.1 Å². The third-order valence-electron chi connectivity index (χ3n) is 3.77. The van der Waals surface area contributed by atoms with Crippen LogP contribution in [0.1, 0.15) is 11.1 Å². The summed E-state index contributed by atoms with van der Waals surface area (Å²) < 4.78 is 24.7. The molecule has 0 bridgehead atoms. The highest BCUT2D eigenvalue weighted by Crippen LogP contribution is 2.01. The Morgan fingerprint density at radius 2 is 1.15 bits per heavy atom. The van der Waals surface area contributed by atoms with Gasteiger partial charge in [0.1, 0.15) is 0 Å². The first kappa shape index (κ1) is 20.6. The van der Waals surface area contributed by atoms with Gasteiger partial charge in [0.05, 0.1) is 19.3 Å². The topological polar surface area (TPSA) is 95.6 Å². The first-order valence-electron chi connectivity index (χ1n) is 8.41. The number of hydrogen-bond acceptors (Lipinski definition) is 4. The second-order valence-electron chi connectivity index (χ2n) is 6.06. The zero-order valence-corrected chi connectivity index (χ0v) is 15.9. The highest BCUT2D eigenvalue weighted by Gasteiger charge is 2.22. The lowest BCUT2D eigenvalue weighted by molar-refractivity contribution is -0.123. The number of nitrogens with one attached hydrogen (secondary N) is 2. The number of carbonyl (C=O) groups excluding carboxylic acids is 2. The van der Waals surface area contributed by atoms with Gasteiger partial charge in [0.15, 0.2) is 0 Å². The molecule has 0 heterocycles. The van der Waals surface area contributed by atoms with Gasteiger partial charge in [0.25, 0.3) is 0 Å². The minimum Gasteiger partial charge on any atom is -0.351 e. The summed E-state index contributed by atoms with van der Waals surface area (Å²) in [4.78, 5) is 24.2. The molecule has 0 fully saturated rings. The SMILES string of the molecule is CS(=O)(=O)N(CC(=O)NCc1ccccc1)CC(=O)NCc1ccccc1. The summed E-state index contributed by atoms with van der Waals surface area (Å²) in [5.41, 5.74) is 1.80. The second-order valence-corrected chi connectivity index (χ2v) is 8.04. The molecule has 144 valence electrons. The van der Waals surface area contributed by atoms with Crippen LogP contribution in [0.2, 0.25) is 0 Å². The third-order valence-corrected chi connectivity index (χ3v) is 4.97. The molecule has 7 nitrogen and oxygen atoms in total. The molecule has 0 aliphatic carbocycles. The van der Waals surface area contributed by atoms with E-state index in [1.54, 1.807) is 0 Å². The van der Waals surface area contributed by atoms with Gasteiger partial charge in [0, 0.05) is 13.1 Å². The van der Waals surface area contributed by atoms with E-state index in [9.17, 15) is 18.0 Å². The van der Waals surface area contributed by atoms with Crippen LogP contribution in [0.3, 0.4) is 0 Å². The van der Waals surface area contributed by atoms with Crippen molar-refractivity contribution < 1.29 is 18.0 Å². The summed E-state index contributed by atoms with van der Waals surface area (Å²) in [6, 6.07) is 18.5. The molecule has 0 aromatic heterocycles. The summed E-state index contributed by atoms with van der Waals surface area (Å²) in [5.74, 6) is -0.944. The van der Waals surface area contributed by atoms with E-state index < -0.39 is 34.9 Å². The Hall–Kier alpha value is -2.71. The molecule has 2 aromatic carbocycles. The number of nitrogens with zero attached hydrogens (tertiary/aromatic N) is 1. The maximum absolute atomic E-state index is 12.1. The van der Waals surface area contributed by atoms with Gasteiger partial charge in [-0.2, -0.15) is 4.31 Å². The Morgan fingerprint density at radius 1 is 0.778 bits per heavy atom. The lowest BCUT2D eigenvalue weighted by atomic mass is 10.2. The van der Waals surface area contributed by atoms with Crippen LogP contribution in [-0.4, -0.2) is 43.9 Å². The molecule has 0 saturated carbocycles. The zero-order valence-electron chi connectivity index (χ0n) is 15.1. The molecular weight excluding hydrogens is 366 g/mol. The molecular formula is C19H23N3O4S. The molecule has 27 heavy (non-hydrogen) atoms. The predicted molar refractivity (Wildman–Crippen MR) is 103 cm³/mol. The van der Waals surface area contributed by atoms with Crippen molar-refractivity contribution >= 4 is 21.8 Å². The van der Waals surface area contributed by atoms with E-state index in [0.29, 0.717) is 0 Å². The summed E-state index contributed by atoms with van der Waals surface area (Å²) in [6.07, 6.45) is 0.974. The fourth-order valence-electron chi connectivity index (χ4n) is 2.32. The quantitative estimate of drug-likeness (QED) is 0.666. The lowest BCUT2D eigenvalue weighted by Crippen LogP contribution is -2.45. The normalized spacial score (nSPS) is 11.2. The van der Waals surface area contributed by atoms with E-state index in [1.165, 1.54) is 0 Å². The van der Waals surface area contributed by atoms with Crippen molar-refractivity contribution in [2.75, 3.05) is 19.3 Å². The summed E-state index contributed by atoms with van der Waals surface area (Å²) >= 11 is 0. The standard InChI is InChI=1S/C19H23N3O4S/c1-27(25,26)22(14-18(23)20-12-16-8-4-2-5-9-16)15-19(24)21-13-17-10-6-3-7-11-17/h2-11H,12-15H2,1H3,(H,20,23)(H,21,24). The zero-order chi connectivity index (χ0) is 19.7. The molecule has 0 radical (unpaired) electrons. The van der Waals surface area contributed by atoms with Gasteiger partial charge in [-0.05, 0) is 11.1 Å². The smallest absolute Gasteiger partial charge is 0.235 e. The Labute approximate surface area is 159 Å². The summed E-state index contributed by atoms with van der Waals surface area (Å²) in [5, 5.41) is 5.31. The van der Waals surface area contributed by atoms with Gasteiger partial charge in [0.2, 0.25) is 21.8 Å². The van der Waals surface area contributed by atoms with Gasteiger partial charge in [-0.25, -0.2) is 8.42 Å². The fourth-order valence-corrected chi connectivity index (χ4v) is 3.02. The summed E-state index contributed by atoms with van der Waals surface area (Å²) in [7, 11) is -3.71. The maximum atomic E-state index is 12.1. The molecule has 8 heteroatoms. The van der Waals surface area contributed by atoms with Crippen LogP contribution in [0.15, 0.2) is 60.7 Å². The van der Waals surface area contributed by atoms with Gasteiger partial charge in [-0.1, -0.05) is 60.7 Å². The van der Waals surface area contributed by atoms with E-state index in [0.717, 1.165) is 21.7 Å². The van der Waals surface area contributed by atoms with Gasteiger partial charge in [-0.3, -0.25) is 9.59 Å². The first-order valence-corrected chi connectivity index (χ1v) is 10.3. The lowest BCUT2D eigenvalue weighted by Gasteiger charge is -2.19. The minimum absolute atomic E-state index is 0.289. The highest BCUT2D eigenvalue weighted by atomic mass is 32.2. The monoisotopic (exact) mass is 389 g/mol.